The highest BCUT2D eigenvalue weighted by Gasteiger charge is 2.28. The maximum absolute atomic E-state index is 12.8. The number of aromatic nitrogens is 1. The van der Waals surface area contributed by atoms with Crippen LogP contribution < -0.4 is 5.56 Å². The van der Waals surface area contributed by atoms with Crippen LogP contribution in [0.25, 0.3) is 0 Å². The van der Waals surface area contributed by atoms with Crippen LogP contribution in [0.15, 0.2) is 46.2 Å². The van der Waals surface area contributed by atoms with E-state index in [0.29, 0.717) is 23.6 Å². The van der Waals surface area contributed by atoms with Gasteiger partial charge in [0.15, 0.2) is 5.75 Å². The minimum absolute atomic E-state index is 0.0340. The number of pyridine rings is 1. The van der Waals surface area contributed by atoms with E-state index < -0.39 is 27.4 Å². The Morgan fingerprint density at radius 3 is 2.55 bits per heavy atom. The SMILES string of the molecule is CC1CN(Cc2ccn(S(=O)(=O)c3ccccc3Cl)c(=O)c2O)CCN1C(=O)O. The molecule has 1 unspecified atom stereocenters. The molecule has 0 bridgehead atoms. The molecule has 0 spiro atoms. The molecule has 1 fully saturated rings. The van der Waals surface area contributed by atoms with E-state index in [1.54, 1.807) is 13.0 Å². The fourth-order valence-corrected chi connectivity index (χ4v) is 5.06. The third-order valence-corrected chi connectivity index (χ3v) is 7.00. The van der Waals surface area contributed by atoms with Crippen molar-refractivity contribution in [3.05, 3.63) is 57.5 Å². The summed E-state index contributed by atoms with van der Waals surface area (Å²) in [6, 6.07) is 6.83. The van der Waals surface area contributed by atoms with Crippen LogP contribution in [0.3, 0.4) is 0 Å². The molecule has 29 heavy (non-hydrogen) atoms. The number of benzene rings is 1. The first kappa shape index (κ1) is 21.2. The fourth-order valence-electron chi connectivity index (χ4n) is 3.32. The Morgan fingerprint density at radius 1 is 1.24 bits per heavy atom. The van der Waals surface area contributed by atoms with Gasteiger partial charge in [-0.3, -0.25) is 9.69 Å². The topological polar surface area (TPSA) is 120 Å². The maximum Gasteiger partial charge on any atom is 0.407 e. The molecule has 1 aromatic carbocycles. The minimum atomic E-state index is -4.27. The number of rotatable bonds is 4. The van der Waals surface area contributed by atoms with Crippen molar-refractivity contribution < 1.29 is 23.4 Å². The molecule has 3 rings (SSSR count). The highest BCUT2D eigenvalue weighted by atomic mass is 35.5. The Kier molecular flexibility index (Phi) is 5.87. The number of carbonyl (C=O) groups is 1. The molecular formula is C18H20ClN3O6S. The monoisotopic (exact) mass is 441 g/mol. The molecule has 0 aliphatic carbocycles. The lowest BCUT2D eigenvalue weighted by molar-refractivity contribution is 0.0707. The van der Waals surface area contributed by atoms with E-state index in [2.05, 4.69) is 0 Å². The molecule has 1 aliphatic rings. The van der Waals surface area contributed by atoms with Gasteiger partial charge < -0.3 is 15.1 Å². The fraction of sp³-hybridized carbons (Fsp3) is 0.333. The first-order valence-electron chi connectivity index (χ1n) is 8.78. The molecule has 2 heterocycles. The zero-order valence-electron chi connectivity index (χ0n) is 15.5. The lowest BCUT2D eigenvalue weighted by atomic mass is 10.1. The van der Waals surface area contributed by atoms with Gasteiger partial charge in [0.05, 0.1) is 5.02 Å². The number of piperazine rings is 1. The number of carboxylic acid groups (broad SMARTS) is 1. The van der Waals surface area contributed by atoms with E-state index in [4.69, 9.17) is 16.7 Å². The highest BCUT2D eigenvalue weighted by Crippen LogP contribution is 2.24. The van der Waals surface area contributed by atoms with Gasteiger partial charge in [-0.1, -0.05) is 23.7 Å². The lowest BCUT2D eigenvalue weighted by Gasteiger charge is -2.38. The van der Waals surface area contributed by atoms with Gasteiger partial charge >= 0.3 is 11.7 Å². The molecule has 156 valence electrons. The van der Waals surface area contributed by atoms with Crippen molar-refractivity contribution in [3.8, 4) is 5.75 Å². The predicted octanol–water partition coefficient (Wildman–Crippen LogP) is 1.63. The summed E-state index contributed by atoms with van der Waals surface area (Å²) in [5.41, 5.74) is -0.809. The van der Waals surface area contributed by atoms with E-state index >= 15 is 0 Å². The molecule has 2 aromatic rings. The van der Waals surface area contributed by atoms with E-state index in [0.717, 1.165) is 6.20 Å². The number of halogens is 1. The van der Waals surface area contributed by atoms with Crippen LogP contribution in [0.2, 0.25) is 5.02 Å². The lowest BCUT2D eigenvalue weighted by Crippen LogP contribution is -2.53. The van der Waals surface area contributed by atoms with Crippen LogP contribution in [0.1, 0.15) is 12.5 Å². The first-order valence-corrected chi connectivity index (χ1v) is 10.6. The van der Waals surface area contributed by atoms with Crippen molar-refractivity contribution in [2.24, 2.45) is 0 Å². The Morgan fingerprint density at radius 2 is 1.93 bits per heavy atom. The van der Waals surface area contributed by atoms with E-state index in [1.807, 2.05) is 4.90 Å². The van der Waals surface area contributed by atoms with Crippen LogP contribution >= 0.6 is 11.6 Å². The van der Waals surface area contributed by atoms with Crippen molar-refractivity contribution in [1.29, 1.82) is 0 Å². The number of hydrogen-bond acceptors (Lipinski definition) is 6. The third-order valence-electron chi connectivity index (χ3n) is 4.84. The summed E-state index contributed by atoms with van der Waals surface area (Å²) in [4.78, 5) is 26.7. The van der Waals surface area contributed by atoms with Gasteiger partial charge in [0, 0.05) is 44.0 Å². The normalized spacial score (nSPS) is 18.0. The van der Waals surface area contributed by atoms with Crippen LogP contribution in [0.5, 0.6) is 5.75 Å². The molecular weight excluding hydrogens is 422 g/mol. The molecule has 1 aliphatic heterocycles. The van der Waals surface area contributed by atoms with Crippen molar-refractivity contribution in [3.63, 3.8) is 0 Å². The smallest absolute Gasteiger partial charge is 0.407 e. The Balaban J connectivity index is 1.87. The van der Waals surface area contributed by atoms with Gasteiger partial charge in [-0.2, -0.15) is 0 Å². The van der Waals surface area contributed by atoms with Crippen molar-refractivity contribution in [2.75, 3.05) is 19.6 Å². The molecule has 9 nitrogen and oxygen atoms in total. The van der Waals surface area contributed by atoms with Gasteiger partial charge in [0.2, 0.25) is 0 Å². The average Bonchev–Trinajstić information content (AvgIpc) is 2.65. The molecule has 0 radical (unpaired) electrons. The van der Waals surface area contributed by atoms with Crippen molar-refractivity contribution in [1.82, 2.24) is 13.8 Å². The van der Waals surface area contributed by atoms with Gasteiger partial charge in [0.25, 0.3) is 10.0 Å². The minimum Gasteiger partial charge on any atom is -0.503 e. The quantitative estimate of drug-likeness (QED) is 0.739. The van der Waals surface area contributed by atoms with Gasteiger partial charge in [0.1, 0.15) is 4.90 Å². The molecule has 1 atom stereocenters. The van der Waals surface area contributed by atoms with Crippen LogP contribution in [0.4, 0.5) is 4.79 Å². The maximum atomic E-state index is 12.8. The first-order chi connectivity index (χ1) is 13.6. The van der Waals surface area contributed by atoms with Crippen molar-refractivity contribution >= 4 is 27.7 Å². The van der Waals surface area contributed by atoms with Gasteiger partial charge in [-0.05, 0) is 25.1 Å². The number of nitrogens with zero attached hydrogens (tertiary/aromatic N) is 3. The summed E-state index contributed by atoms with van der Waals surface area (Å²) >= 11 is 5.95. The molecule has 11 heteroatoms. The van der Waals surface area contributed by atoms with Gasteiger partial charge in [-0.25, -0.2) is 17.2 Å². The largest absolute Gasteiger partial charge is 0.503 e. The summed E-state index contributed by atoms with van der Waals surface area (Å²) in [6.45, 7) is 3.11. The van der Waals surface area contributed by atoms with Crippen LogP contribution in [0, 0.1) is 0 Å². The average molecular weight is 442 g/mol. The summed E-state index contributed by atoms with van der Waals surface area (Å²) in [5, 5.41) is 19.4. The molecule has 1 amide bonds. The standard InChI is InChI=1S/C18H20ClN3O6S/c1-12-10-20(8-9-21(12)18(25)26)11-13-6-7-22(17(24)16(13)23)29(27,28)15-5-3-2-4-14(15)19/h2-7,12,23H,8-11H2,1H3,(H,25,26). The molecule has 0 saturated carbocycles. The van der Waals surface area contributed by atoms with E-state index in [-0.39, 0.29) is 28.1 Å². The van der Waals surface area contributed by atoms with Crippen LogP contribution in [-0.2, 0) is 16.6 Å². The zero-order chi connectivity index (χ0) is 21.3. The molecule has 1 saturated heterocycles. The Bertz CT molecular complexity index is 1100. The number of aromatic hydroxyl groups is 1. The molecule has 2 N–H and O–H groups in total. The number of hydrogen-bond donors (Lipinski definition) is 2. The second-order valence-electron chi connectivity index (χ2n) is 6.79. The Hall–Kier alpha value is -2.56. The highest BCUT2D eigenvalue weighted by molar-refractivity contribution is 7.90. The zero-order valence-corrected chi connectivity index (χ0v) is 17.1. The number of amides is 1. The molecule has 1 aromatic heterocycles. The van der Waals surface area contributed by atoms with Crippen LogP contribution in [-0.4, -0.2) is 64.2 Å². The van der Waals surface area contributed by atoms with Gasteiger partial charge in [-0.15, -0.1) is 0 Å². The van der Waals surface area contributed by atoms with E-state index in [1.165, 1.54) is 29.2 Å². The summed E-state index contributed by atoms with van der Waals surface area (Å²) in [5.74, 6) is -0.670. The summed E-state index contributed by atoms with van der Waals surface area (Å²) < 4.78 is 26.0. The second-order valence-corrected chi connectivity index (χ2v) is 8.98. The van der Waals surface area contributed by atoms with E-state index in [9.17, 15) is 23.1 Å². The summed E-state index contributed by atoms with van der Waals surface area (Å²) in [6.07, 6.45) is 0.0971. The Labute approximate surface area is 172 Å². The third kappa shape index (κ3) is 4.09. The second kappa shape index (κ2) is 8.05. The predicted molar refractivity (Wildman–Crippen MR) is 106 cm³/mol. The van der Waals surface area contributed by atoms with Crippen molar-refractivity contribution in [2.45, 2.75) is 24.4 Å². The summed E-state index contributed by atoms with van der Waals surface area (Å²) in [7, 11) is -4.27.